The van der Waals surface area contributed by atoms with Crippen LogP contribution in [0.3, 0.4) is 0 Å². The van der Waals surface area contributed by atoms with Gasteiger partial charge in [0.15, 0.2) is 5.43 Å². The van der Waals surface area contributed by atoms with Crippen molar-refractivity contribution < 1.29 is 4.79 Å². The maximum atomic E-state index is 11.9. The Morgan fingerprint density at radius 3 is 2.61 bits per heavy atom. The standard InChI is InChI=1S/C12H18N4O2/c1-9-7-11(17)10(8-13-9)12(18)14-16-5-3-15(2)4-6-16/h7-8H,3-6H2,1-2H3,(H,13,17)(H,14,18). The molecule has 0 unspecified atom stereocenters. The third kappa shape index (κ3) is 2.96. The minimum atomic E-state index is -0.346. The Kier molecular flexibility index (Phi) is 3.78. The van der Waals surface area contributed by atoms with Crippen molar-refractivity contribution in [2.24, 2.45) is 0 Å². The zero-order valence-electron chi connectivity index (χ0n) is 10.7. The highest BCUT2D eigenvalue weighted by atomic mass is 16.2. The van der Waals surface area contributed by atoms with E-state index < -0.39 is 0 Å². The first-order chi connectivity index (χ1) is 8.56. The molecule has 2 N–H and O–H groups in total. The molecule has 6 heteroatoms. The van der Waals surface area contributed by atoms with Crippen molar-refractivity contribution in [2.75, 3.05) is 33.2 Å². The first-order valence-electron chi connectivity index (χ1n) is 6.00. The number of nitrogens with zero attached hydrogens (tertiary/aromatic N) is 2. The first-order valence-corrected chi connectivity index (χ1v) is 6.00. The van der Waals surface area contributed by atoms with Crippen LogP contribution in [0.2, 0.25) is 0 Å². The molecule has 0 saturated carbocycles. The number of carbonyl (C=O) groups is 1. The van der Waals surface area contributed by atoms with Crippen LogP contribution in [0.4, 0.5) is 0 Å². The van der Waals surface area contributed by atoms with Gasteiger partial charge in [-0.15, -0.1) is 0 Å². The lowest BCUT2D eigenvalue weighted by atomic mass is 10.2. The van der Waals surface area contributed by atoms with Gasteiger partial charge < -0.3 is 9.88 Å². The second kappa shape index (κ2) is 5.32. The molecule has 2 heterocycles. The lowest BCUT2D eigenvalue weighted by molar-refractivity contribution is 0.0661. The summed E-state index contributed by atoms with van der Waals surface area (Å²) in [5, 5.41) is 1.85. The Hall–Kier alpha value is -1.66. The van der Waals surface area contributed by atoms with E-state index in [1.165, 1.54) is 12.3 Å². The molecule has 1 fully saturated rings. The molecule has 18 heavy (non-hydrogen) atoms. The number of aromatic amines is 1. The smallest absolute Gasteiger partial charge is 0.271 e. The summed E-state index contributed by atoms with van der Waals surface area (Å²) in [5.74, 6) is -0.346. The maximum Gasteiger partial charge on any atom is 0.271 e. The van der Waals surface area contributed by atoms with Gasteiger partial charge in [0.25, 0.3) is 5.91 Å². The molecule has 0 atom stereocenters. The molecule has 1 aliphatic rings. The monoisotopic (exact) mass is 250 g/mol. The van der Waals surface area contributed by atoms with Crippen LogP contribution in [-0.2, 0) is 0 Å². The van der Waals surface area contributed by atoms with E-state index in [4.69, 9.17) is 0 Å². The normalized spacial score (nSPS) is 17.7. The van der Waals surface area contributed by atoms with Crippen LogP contribution in [0.5, 0.6) is 0 Å². The van der Waals surface area contributed by atoms with E-state index in [9.17, 15) is 9.59 Å². The minimum Gasteiger partial charge on any atom is -0.364 e. The number of amides is 1. The van der Waals surface area contributed by atoms with Gasteiger partial charge in [0, 0.05) is 44.1 Å². The summed E-state index contributed by atoms with van der Waals surface area (Å²) in [7, 11) is 2.05. The minimum absolute atomic E-state index is 0.152. The number of hydrazine groups is 1. The van der Waals surface area contributed by atoms with E-state index in [2.05, 4.69) is 15.3 Å². The molecular formula is C12H18N4O2. The summed E-state index contributed by atoms with van der Waals surface area (Å²) in [6, 6.07) is 1.43. The maximum absolute atomic E-state index is 11.9. The number of nitrogens with one attached hydrogen (secondary N) is 2. The number of H-pyrrole nitrogens is 1. The SMILES string of the molecule is Cc1cc(=O)c(C(=O)NN2CCN(C)CC2)c[nH]1. The number of hydrogen-bond donors (Lipinski definition) is 2. The van der Waals surface area contributed by atoms with E-state index in [1.807, 2.05) is 12.1 Å². The number of hydrogen-bond acceptors (Lipinski definition) is 4. The van der Waals surface area contributed by atoms with Gasteiger partial charge in [-0.3, -0.25) is 15.0 Å². The van der Waals surface area contributed by atoms with Gasteiger partial charge >= 0.3 is 0 Å². The lowest BCUT2D eigenvalue weighted by Gasteiger charge is -2.32. The van der Waals surface area contributed by atoms with Crippen molar-refractivity contribution in [1.82, 2.24) is 20.3 Å². The Morgan fingerprint density at radius 2 is 2.00 bits per heavy atom. The highest BCUT2D eigenvalue weighted by Crippen LogP contribution is 1.98. The molecule has 0 spiro atoms. The lowest BCUT2D eigenvalue weighted by Crippen LogP contribution is -2.53. The van der Waals surface area contributed by atoms with E-state index in [0.29, 0.717) is 0 Å². The fraction of sp³-hybridized carbons (Fsp3) is 0.500. The summed E-state index contributed by atoms with van der Waals surface area (Å²) in [6.45, 7) is 5.14. The molecule has 0 bridgehead atoms. The van der Waals surface area contributed by atoms with Crippen molar-refractivity contribution in [1.29, 1.82) is 0 Å². The number of piperazine rings is 1. The van der Waals surface area contributed by atoms with Crippen LogP contribution >= 0.6 is 0 Å². The molecular weight excluding hydrogens is 232 g/mol. The molecule has 2 rings (SSSR count). The first kappa shape index (κ1) is 12.8. The Morgan fingerprint density at radius 1 is 1.33 bits per heavy atom. The second-order valence-corrected chi connectivity index (χ2v) is 4.63. The van der Waals surface area contributed by atoms with Crippen LogP contribution in [0.15, 0.2) is 17.1 Å². The Balaban J connectivity index is 2.01. The highest BCUT2D eigenvalue weighted by molar-refractivity contribution is 5.93. The van der Waals surface area contributed by atoms with Gasteiger partial charge in [0.1, 0.15) is 5.56 Å². The molecule has 0 radical (unpaired) electrons. The number of aromatic nitrogens is 1. The van der Waals surface area contributed by atoms with Crippen molar-refractivity contribution in [3.63, 3.8) is 0 Å². The van der Waals surface area contributed by atoms with Gasteiger partial charge in [-0.25, -0.2) is 5.01 Å². The summed E-state index contributed by atoms with van der Waals surface area (Å²) in [5.41, 5.74) is 3.41. The van der Waals surface area contributed by atoms with Gasteiger partial charge in [0.2, 0.25) is 0 Å². The number of aryl methyl sites for hydroxylation is 1. The average Bonchev–Trinajstić information content (AvgIpc) is 2.32. The number of likely N-dealkylation sites (N-methyl/N-ethyl adjacent to an activating group) is 1. The van der Waals surface area contributed by atoms with Gasteiger partial charge in [-0.2, -0.15) is 0 Å². The average molecular weight is 250 g/mol. The molecule has 98 valence electrons. The van der Waals surface area contributed by atoms with Crippen LogP contribution < -0.4 is 10.9 Å². The van der Waals surface area contributed by atoms with Gasteiger partial charge in [0.05, 0.1) is 0 Å². The second-order valence-electron chi connectivity index (χ2n) is 4.63. The van der Waals surface area contributed by atoms with Crippen molar-refractivity contribution in [3.05, 3.63) is 33.7 Å². The summed E-state index contributed by atoms with van der Waals surface area (Å²) >= 11 is 0. The topological polar surface area (TPSA) is 68.4 Å². The predicted octanol–water partition coefficient (Wildman–Crippen LogP) is -0.424. The van der Waals surface area contributed by atoms with E-state index in [-0.39, 0.29) is 16.9 Å². The van der Waals surface area contributed by atoms with Crippen LogP contribution in [0.25, 0.3) is 0 Å². The molecule has 0 aromatic carbocycles. The largest absolute Gasteiger partial charge is 0.364 e. The number of pyridine rings is 1. The summed E-state index contributed by atoms with van der Waals surface area (Å²) < 4.78 is 0. The number of rotatable bonds is 2. The predicted molar refractivity (Wildman–Crippen MR) is 68.3 cm³/mol. The Labute approximate surface area is 106 Å². The fourth-order valence-corrected chi connectivity index (χ4v) is 1.87. The summed E-state index contributed by atoms with van der Waals surface area (Å²) in [6.07, 6.45) is 1.46. The zero-order chi connectivity index (χ0) is 13.1. The van der Waals surface area contributed by atoms with Crippen LogP contribution in [0, 0.1) is 6.92 Å². The van der Waals surface area contributed by atoms with Gasteiger partial charge in [-0.05, 0) is 14.0 Å². The molecule has 1 aromatic rings. The highest BCUT2D eigenvalue weighted by Gasteiger charge is 2.17. The molecule has 1 saturated heterocycles. The summed E-state index contributed by atoms with van der Waals surface area (Å²) in [4.78, 5) is 28.7. The third-order valence-corrected chi connectivity index (χ3v) is 3.06. The van der Waals surface area contributed by atoms with E-state index in [0.717, 1.165) is 31.9 Å². The molecule has 1 aromatic heterocycles. The zero-order valence-corrected chi connectivity index (χ0v) is 10.7. The molecule has 1 amide bonds. The van der Waals surface area contributed by atoms with Crippen molar-refractivity contribution in [3.8, 4) is 0 Å². The van der Waals surface area contributed by atoms with E-state index in [1.54, 1.807) is 6.92 Å². The quantitative estimate of drug-likeness (QED) is 0.748. The molecule has 0 aliphatic carbocycles. The number of carbonyl (C=O) groups excluding carboxylic acids is 1. The molecule has 6 nitrogen and oxygen atoms in total. The van der Waals surface area contributed by atoms with Crippen LogP contribution in [-0.4, -0.2) is 54.0 Å². The van der Waals surface area contributed by atoms with E-state index >= 15 is 0 Å². The van der Waals surface area contributed by atoms with Gasteiger partial charge in [-0.1, -0.05) is 0 Å². The van der Waals surface area contributed by atoms with Crippen molar-refractivity contribution >= 4 is 5.91 Å². The molecule has 1 aliphatic heterocycles. The fourth-order valence-electron chi connectivity index (χ4n) is 1.87. The van der Waals surface area contributed by atoms with Crippen LogP contribution in [0.1, 0.15) is 16.1 Å². The Bertz CT molecular complexity index is 489. The third-order valence-electron chi connectivity index (χ3n) is 3.06. The van der Waals surface area contributed by atoms with Crippen molar-refractivity contribution in [2.45, 2.75) is 6.92 Å².